The van der Waals surface area contributed by atoms with Gasteiger partial charge in [-0.1, -0.05) is 334 Å². The zero-order chi connectivity index (χ0) is 79.0. The molecule has 0 fully saturated rings. The van der Waals surface area contributed by atoms with Crippen molar-refractivity contribution in [3.63, 3.8) is 0 Å². The molecule has 0 saturated carbocycles. The summed E-state index contributed by atoms with van der Waals surface area (Å²) in [5.74, 6) is 1.25. The molecule has 558 valence electrons. The van der Waals surface area contributed by atoms with E-state index in [0.717, 1.165) is 104 Å². The molecule has 0 radical (unpaired) electrons. The summed E-state index contributed by atoms with van der Waals surface area (Å²) in [6.45, 7) is 0. The number of nitrogens with zero attached hydrogens (tertiary/aromatic N) is 3. The molecule has 120 heavy (non-hydrogen) atoms. The molecule has 0 amide bonds. The third kappa shape index (κ3) is 10.8. The highest BCUT2D eigenvalue weighted by Crippen LogP contribution is 2.60. The van der Waals surface area contributed by atoms with E-state index in [1.165, 1.54) is 116 Å². The fourth-order valence-corrected chi connectivity index (χ4v) is 20.1. The number of hydrogen-bond donors (Lipinski definition) is 0. The van der Waals surface area contributed by atoms with E-state index in [9.17, 15) is 0 Å². The Morgan fingerprint density at radius 3 is 1.27 bits per heavy atom. The van der Waals surface area contributed by atoms with E-state index in [-0.39, 0.29) is 0 Å². The molecule has 0 N–H and O–H groups in total. The molecule has 25 rings (SSSR count). The molecule has 0 bridgehead atoms. The third-order valence-electron chi connectivity index (χ3n) is 25.5. The van der Waals surface area contributed by atoms with Crippen molar-refractivity contribution < 1.29 is 8.83 Å². The van der Waals surface area contributed by atoms with Crippen LogP contribution in [0, 0.1) is 0 Å². The lowest BCUT2D eigenvalue weighted by Crippen LogP contribution is -2.28. The van der Waals surface area contributed by atoms with E-state index in [1.54, 1.807) is 0 Å². The maximum Gasteiger partial charge on any atom is 0.227 e. The Labute approximate surface area is 692 Å². The molecule has 23 aromatic rings. The van der Waals surface area contributed by atoms with Crippen LogP contribution in [-0.4, -0.2) is 15.0 Å². The minimum atomic E-state index is -0.538. The van der Waals surface area contributed by atoms with Crippen LogP contribution in [0.3, 0.4) is 0 Å². The average molecular weight is 1530 g/mol. The molecule has 0 saturated heterocycles. The predicted molar refractivity (Wildman–Crippen MR) is 496 cm³/mol. The largest absolute Gasteiger partial charge is 0.435 e. The maximum atomic E-state index is 6.66. The molecule has 20 aromatic carbocycles. The van der Waals surface area contributed by atoms with Gasteiger partial charge >= 0.3 is 0 Å². The number of aromatic nitrogens is 3. The lowest BCUT2D eigenvalue weighted by atomic mass is 9.66. The number of oxazole rings is 2. The molecular formula is C115H71N3O2. The number of hydrogen-bond acceptors (Lipinski definition) is 5. The molecule has 5 heteroatoms. The van der Waals surface area contributed by atoms with Crippen molar-refractivity contribution >= 4 is 97.6 Å². The monoisotopic (exact) mass is 1530 g/mol. The second kappa shape index (κ2) is 27.5. The standard InChI is InChI=1S/C60H37NO.C55H34N2O/c1-4-15-41(16-5-1)59-61-55-33-30-40-26-24-39-25-27-42(35-53(39)56(40)58(55)62-59)45-34-43-17-11-12-22-48(43)52(36-45)44-29-31-50-51-32-28-38-14-10-13-23-49(38)57(51)60(54(50)37-44,46-18-6-2-7-19-46)47-20-8-3-9-21-47;1-3-12-44(13-4-1)55(45-14-5-2-6-15-45)49-17-8-7-16-46(49)47-26-24-40(33-50(47)55)38-11-9-10-37(30-38)39-21-19-35-18-20-36-25-27-51-53(52(36)48(35)32-39)58-54(57-51)42-22-23-43-34-56-29-28-41(43)31-42/h1-37H;1-34H. The smallest absolute Gasteiger partial charge is 0.227 e. The third-order valence-corrected chi connectivity index (χ3v) is 25.5. The van der Waals surface area contributed by atoms with Crippen molar-refractivity contribution in [3.8, 4) is 89.7 Å². The summed E-state index contributed by atoms with van der Waals surface area (Å²) < 4.78 is 13.3. The highest BCUT2D eigenvalue weighted by molar-refractivity contribution is 6.20. The van der Waals surface area contributed by atoms with E-state index < -0.39 is 10.8 Å². The molecule has 2 aliphatic rings. The Morgan fingerprint density at radius 1 is 0.208 bits per heavy atom. The quantitative estimate of drug-likeness (QED) is 0.128. The second-order valence-corrected chi connectivity index (χ2v) is 31.9. The van der Waals surface area contributed by atoms with Gasteiger partial charge in [0.05, 0.1) is 10.8 Å². The summed E-state index contributed by atoms with van der Waals surface area (Å²) in [7, 11) is 0. The molecule has 0 aliphatic heterocycles. The van der Waals surface area contributed by atoms with Gasteiger partial charge in [-0.05, 0) is 255 Å². The van der Waals surface area contributed by atoms with Crippen molar-refractivity contribution in [1.82, 2.24) is 15.0 Å². The molecular weight excluding hydrogens is 1460 g/mol. The summed E-state index contributed by atoms with van der Waals surface area (Å²) in [5, 5.41) is 16.2. The fourth-order valence-electron chi connectivity index (χ4n) is 20.1. The van der Waals surface area contributed by atoms with Crippen LogP contribution in [0.1, 0.15) is 44.5 Å². The average Bonchev–Trinajstić information content (AvgIpc) is 1.53. The Bertz CT molecular complexity index is 8010. The number of rotatable bonds is 10. The summed E-state index contributed by atoms with van der Waals surface area (Å²) in [5.41, 5.74) is 29.1. The Morgan fingerprint density at radius 2 is 0.625 bits per heavy atom. The normalized spacial score (nSPS) is 13.0. The van der Waals surface area contributed by atoms with Crippen molar-refractivity contribution in [2.24, 2.45) is 0 Å². The van der Waals surface area contributed by atoms with Crippen LogP contribution in [0.15, 0.2) is 440 Å². The highest BCUT2D eigenvalue weighted by atomic mass is 16.4. The van der Waals surface area contributed by atoms with E-state index in [0.29, 0.717) is 11.8 Å². The van der Waals surface area contributed by atoms with E-state index in [4.69, 9.17) is 18.8 Å². The zero-order valence-electron chi connectivity index (χ0n) is 65.2. The Hall–Kier alpha value is -15.7. The van der Waals surface area contributed by atoms with E-state index >= 15 is 0 Å². The van der Waals surface area contributed by atoms with Crippen LogP contribution in [0.2, 0.25) is 0 Å². The van der Waals surface area contributed by atoms with Gasteiger partial charge in [-0.25, -0.2) is 9.97 Å². The van der Waals surface area contributed by atoms with Crippen LogP contribution in [0.4, 0.5) is 0 Å². The van der Waals surface area contributed by atoms with Gasteiger partial charge in [-0.3, -0.25) is 4.98 Å². The zero-order valence-corrected chi connectivity index (χ0v) is 65.2. The number of pyridine rings is 1. The van der Waals surface area contributed by atoms with Gasteiger partial charge in [0, 0.05) is 39.7 Å². The van der Waals surface area contributed by atoms with Crippen molar-refractivity contribution in [2.45, 2.75) is 10.8 Å². The molecule has 3 heterocycles. The van der Waals surface area contributed by atoms with Gasteiger partial charge in [-0.15, -0.1) is 0 Å². The fraction of sp³-hybridized carbons (Fsp3) is 0.0174. The minimum Gasteiger partial charge on any atom is -0.435 e. The summed E-state index contributed by atoms with van der Waals surface area (Å²) in [6, 6.07) is 153. The summed E-state index contributed by atoms with van der Waals surface area (Å²) >= 11 is 0. The molecule has 3 aromatic heterocycles. The van der Waals surface area contributed by atoms with Crippen LogP contribution >= 0.6 is 0 Å². The van der Waals surface area contributed by atoms with Gasteiger partial charge < -0.3 is 8.83 Å². The highest BCUT2D eigenvalue weighted by Gasteiger charge is 2.49. The first kappa shape index (κ1) is 68.7. The van der Waals surface area contributed by atoms with E-state index in [2.05, 4.69) is 387 Å². The molecule has 0 atom stereocenters. The van der Waals surface area contributed by atoms with E-state index in [1.807, 2.05) is 48.8 Å². The van der Waals surface area contributed by atoms with Gasteiger partial charge in [0.1, 0.15) is 11.0 Å². The summed E-state index contributed by atoms with van der Waals surface area (Å²) in [4.78, 5) is 14.2. The van der Waals surface area contributed by atoms with Crippen LogP contribution in [0.5, 0.6) is 0 Å². The van der Waals surface area contributed by atoms with Gasteiger partial charge in [-0.2, -0.15) is 0 Å². The number of benzene rings is 20. The lowest BCUT2D eigenvalue weighted by molar-refractivity contribution is 0.623. The molecule has 0 spiro atoms. The maximum absolute atomic E-state index is 6.66. The first-order valence-corrected chi connectivity index (χ1v) is 41.1. The van der Waals surface area contributed by atoms with Gasteiger partial charge in [0.25, 0.3) is 0 Å². The SMILES string of the molecule is c1ccc(-c2nc3ccc4ccc5ccc(-c6cc(-c7ccc8c(c7)C(c7ccccc7)(c7ccccc7)c7c-8ccc8ccccc78)c7ccccc7c6)cc5c4c3o2)cc1.c1ccc(C2(c3ccccc3)c3ccccc3-c3ccc(-c4cccc(-c5ccc6ccc7ccc8nc(-c9ccc%10cnccc%10c9)oc8c7c6c5)c4)cc32)cc1. The summed E-state index contributed by atoms with van der Waals surface area (Å²) in [6.07, 6.45) is 3.70. The first-order chi connectivity index (χ1) is 59.4. The van der Waals surface area contributed by atoms with Gasteiger partial charge in [0.15, 0.2) is 11.2 Å². The lowest BCUT2D eigenvalue weighted by Gasteiger charge is -2.35. The van der Waals surface area contributed by atoms with Crippen LogP contribution in [0.25, 0.3) is 187 Å². The van der Waals surface area contributed by atoms with Gasteiger partial charge in [0.2, 0.25) is 11.8 Å². The Kier molecular flexibility index (Phi) is 15.7. The molecule has 0 unspecified atom stereocenters. The first-order valence-electron chi connectivity index (χ1n) is 41.1. The number of fused-ring (bicyclic) bond motifs is 20. The van der Waals surface area contributed by atoms with Crippen molar-refractivity contribution in [1.29, 1.82) is 0 Å². The Balaban J connectivity index is 0.000000137. The van der Waals surface area contributed by atoms with Crippen LogP contribution in [-0.2, 0) is 10.8 Å². The molecule has 5 nitrogen and oxygen atoms in total. The minimum absolute atomic E-state index is 0.445. The van der Waals surface area contributed by atoms with Crippen LogP contribution < -0.4 is 0 Å². The topological polar surface area (TPSA) is 65.0 Å². The van der Waals surface area contributed by atoms with Crippen molar-refractivity contribution in [2.75, 3.05) is 0 Å². The molecule has 2 aliphatic carbocycles. The van der Waals surface area contributed by atoms with Crippen molar-refractivity contribution in [3.05, 3.63) is 475 Å². The second-order valence-electron chi connectivity index (χ2n) is 31.9. The predicted octanol–water partition coefficient (Wildman–Crippen LogP) is 29.9.